The third-order valence-corrected chi connectivity index (χ3v) is 4.52. The van der Waals surface area contributed by atoms with E-state index in [0.717, 1.165) is 32.5 Å². The number of alkyl halides is 1. The number of hydrogen-bond acceptors (Lipinski definition) is 3. The normalized spacial score (nSPS) is 17.4. The SMILES string of the molecule is CC(Cl)C(=O)N(CCC#N)C1CCN(Cc2ccccc2)CC1. The highest BCUT2D eigenvalue weighted by molar-refractivity contribution is 6.30. The summed E-state index contributed by atoms with van der Waals surface area (Å²) in [4.78, 5) is 16.5. The number of carbonyl (C=O) groups excluding carboxylic acids is 1. The first kappa shape index (κ1) is 17.8. The van der Waals surface area contributed by atoms with Crippen molar-refractivity contribution < 1.29 is 4.79 Å². The molecule has 1 saturated heterocycles. The average Bonchev–Trinajstić information content (AvgIpc) is 2.57. The second-order valence-electron chi connectivity index (χ2n) is 6.05. The van der Waals surface area contributed by atoms with Crippen molar-refractivity contribution in [3.8, 4) is 6.07 Å². The summed E-state index contributed by atoms with van der Waals surface area (Å²) in [5.41, 5.74) is 1.32. The zero-order chi connectivity index (χ0) is 16.7. The van der Waals surface area contributed by atoms with Crippen LogP contribution >= 0.6 is 11.6 Å². The van der Waals surface area contributed by atoms with E-state index in [1.807, 2.05) is 11.0 Å². The zero-order valence-corrected chi connectivity index (χ0v) is 14.4. The molecule has 1 amide bonds. The van der Waals surface area contributed by atoms with Gasteiger partial charge in [0.25, 0.3) is 0 Å². The number of nitriles is 1. The van der Waals surface area contributed by atoms with E-state index < -0.39 is 5.38 Å². The summed E-state index contributed by atoms with van der Waals surface area (Å²) in [6, 6.07) is 12.8. The molecule has 1 aliphatic rings. The molecule has 0 saturated carbocycles. The first-order valence-corrected chi connectivity index (χ1v) is 8.63. The monoisotopic (exact) mass is 333 g/mol. The predicted molar refractivity (Wildman–Crippen MR) is 92.0 cm³/mol. The van der Waals surface area contributed by atoms with Gasteiger partial charge in [-0.1, -0.05) is 30.3 Å². The summed E-state index contributed by atoms with van der Waals surface area (Å²) in [5.74, 6) is -0.0524. The summed E-state index contributed by atoms with van der Waals surface area (Å²) in [6.45, 7) is 5.06. The summed E-state index contributed by atoms with van der Waals surface area (Å²) in [5, 5.41) is 8.28. The second-order valence-corrected chi connectivity index (χ2v) is 6.70. The third-order valence-electron chi connectivity index (χ3n) is 4.33. The first-order valence-electron chi connectivity index (χ1n) is 8.19. The summed E-state index contributed by atoms with van der Waals surface area (Å²) in [7, 11) is 0. The van der Waals surface area contributed by atoms with Crippen LogP contribution in [0.1, 0.15) is 31.7 Å². The molecule has 1 unspecified atom stereocenters. The fourth-order valence-corrected chi connectivity index (χ4v) is 3.23. The van der Waals surface area contributed by atoms with Crippen LogP contribution < -0.4 is 0 Å². The van der Waals surface area contributed by atoms with Crippen molar-refractivity contribution in [1.82, 2.24) is 9.80 Å². The molecule has 1 heterocycles. The standard InChI is InChI=1S/C18H24ClN3O/c1-15(19)18(23)22(11-5-10-20)17-8-12-21(13-9-17)14-16-6-3-2-4-7-16/h2-4,6-7,15,17H,5,8-9,11-14H2,1H3. The fourth-order valence-electron chi connectivity index (χ4n) is 3.10. The van der Waals surface area contributed by atoms with Gasteiger partial charge in [-0.05, 0) is 25.3 Å². The first-order chi connectivity index (χ1) is 11.1. The third kappa shape index (κ3) is 5.23. The molecule has 0 spiro atoms. The molecule has 0 aromatic heterocycles. The Balaban J connectivity index is 1.90. The van der Waals surface area contributed by atoms with Gasteiger partial charge in [-0.15, -0.1) is 11.6 Å². The van der Waals surface area contributed by atoms with Crippen LogP contribution in [-0.2, 0) is 11.3 Å². The van der Waals surface area contributed by atoms with Crippen molar-refractivity contribution in [3.05, 3.63) is 35.9 Å². The molecule has 1 aliphatic heterocycles. The Morgan fingerprint density at radius 1 is 1.39 bits per heavy atom. The highest BCUT2D eigenvalue weighted by Crippen LogP contribution is 2.20. The topological polar surface area (TPSA) is 47.3 Å². The van der Waals surface area contributed by atoms with E-state index in [4.69, 9.17) is 16.9 Å². The van der Waals surface area contributed by atoms with Crippen LogP contribution in [0, 0.1) is 11.3 Å². The number of halogens is 1. The minimum atomic E-state index is -0.531. The highest BCUT2D eigenvalue weighted by atomic mass is 35.5. The molecular formula is C18H24ClN3O. The molecule has 1 atom stereocenters. The quantitative estimate of drug-likeness (QED) is 0.752. The van der Waals surface area contributed by atoms with Gasteiger partial charge in [0.1, 0.15) is 5.38 Å². The van der Waals surface area contributed by atoms with E-state index in [0.29, 0.717) is 13.0 Å². The number of likely N-dealkylation sites (tertiary alicyclic amines) is 1. The molecule has 4 nitrogen and oxygen atoms in total. The number of amides is 1. The van der Waals surface area contributed by atoms with Gasteiger partial charge in [-0.3, -0.25) is 9.69 Å². The van der Waals surface area contributed by atoms with E-state index in [-0.39, 0.29) is 11.9 Å². The molecule has 0 radical (unpaired) electrons. The molecule has 0 aliphatic carbocycles. The van der Waals surface area contributed by atoms with E-state index in [2.05, 4.69) is 35.2 Å². The van der Waals surface area contributed by atoms with Crippen LogP contribution in [0.15, 0.2) is 30.3 Å². The lowest BCUT2D eigenvalue weighted by atomic mass is 10.0. The largest absolute Gasteiger partial charge is 0.337 e. The van der Waals surface area contributed by atoms with Crippen molar-refractivity contribution in [2.75, 3.05) is 19.6 Å². The van der Waals surface area contributed by atoms with E-state index >= 15 is 0 Å². The predicted octanol–water partition coefficient (Wildman–Crippen LogP) is 3.02. The molecular weight excluding hydrogens is 310 g/mol. The number of benzene rings is 1. The molecule has 124 valence electrons. The molecule has 1 aromatic carbocycles. The molecule has 23 heavy (non-hydrogen) atoms. The van der Waals surface area contributed by atoms with Gasteiger partial charge in [0, 0.05) is 32.2 Å². The number of piperidine rings is 1. The van der Waals surface area contributed by atoms with Gasteiger partial charge >= 0.3 is 0 Å². The average molecular weight is 334 g/mol. The number of carbonyl (C=O) groups is 1. The Morgan fingerprint density at radius 3 is 2.61 bits per heavy atom. The van der Waals surface area contributed by atoms with Gasteiger partial charge < -0.3 is 4.90 Å². The Hall–Kier alpha value is -1.57. The number of rotatable bonds is 6. The van der Waals surface area contributed by atoms with Crippen molar-refractivity contribution in [2.45, 2.75) is 44.1 Å². The smallest absolute Gasteiger partial charge is 0.240 e. The van der Waals surface area contributed by atoms with Crippen LogP contribution in [0.25, 0.3) is 0 Å². The van der Waals surface area contributed by atoms with Crippen LogP contribution in [0.2, 0.25) is 0 Å². The number of hydrogen-bond donors (Lipinski definition) is 0. The Bertz CT molecular complexity index is 533. The minimum absolute atomic E-state index is 0.0524. The van der Waals surface area contributed by atoms with Crippen LogP contribution in [-0.4, -0.2) is 46.8 Å². The van der Waals surface area contributed by atoms with Gasteiger partial charge in [-0.25, -0.2) is 0 Å². The maximum Gasteiger partial charge on any atom is 0.240 e. The second kappa shape index (κ2) is 8.90. The Kier molecular flexibility index (Phi) is 6.88. The lowest BCUT2D eigenvalue weighted by Crippen LogP contribution is -2.49. The lowest BCUT2D eigenvalue weighted by Gasteiger charge is -2.39. The summed E-state index contributed by atoms with van der Waals surface area (Å²) >= 11 is 5.97. The molecule has 2 rings (SSSR count). The molecule has 1 fully saturated rings. The molecule has 0 bridgehead atoms. The Morgan fingerprint density at radius 2 is 2.04 bits per heavy atom. The highest BCUT2D eigenvalue weighted by Gasteiger charge is 2.29. The van der Waals surface area contributed by atoms with Crippen molar-refractivity contribution in [3.63, 3.8) is 0 Å². The van der Waals surface area contributed by atoms with E-state index in [1.54, 1.807) is 6.92 Å². The van der Waals surface area contributed by atoms with Crippen molar-refractivity contribution >= 4 is 17.5 Å². The van der Waals surface area contributed by atoms with Crippen LogP contribution in [0.4, 0.5) is 0 Å². The van der Waals surface area contributed by atoms with Gasteiger partial charge in [-0.2, -0.15) is 5.26 Å². The van der Waals surface area contributed by atoms with Crippen molar-refractivity contribution in [1.29, 1.82) is 5.26 Å². The van der Waals surface area contributed by atoms with E-state index in [9.17, 15) is 4.79 Å². The van der Waals surface area contributed by atoms with Gasteiger partial charge in [0.2, 0.25) is 5.91 Å². The maximum absolute atomic E-state index is 12.3. The van der Waals surface area contributed by atoms with Crippen LogP contribution in [0.3, 0.4) is 0 Å². The lowest BCUT2D eigenvalue weighted by molar-refractivity contribution is -0.133. The molecule has 0 N–H and O–H groups in total. The fraction of sp³-hybridized carbons (Fsp3) is 0.556. The Labute approximate surface area is 143 Å². The van der Waals surface area contributed by atoms with Gasteiger partial charge in [0.15, 0.2) is 0 Å². The zero-order valence-electron chi connectivity index (χ0n) is 13.6. The summed E-state index contributed by atoms with van der Waals surface area (Å²) < 4.78 is 0. The van der Waals surface area contributed by atoms with Gasteiger partial charge in [0.05, 0.1) is 12.5 Å². The number of nitrogens with zero attached hydrogens (tertiary/aromatic N) is 3. The van der Waals surface area contributed by atoms with Crippen LogP contribution in [0.5, 0.6) is 0 Å². The van der Waals surface area contributed by atoms with Crippen molar-refractivity contribution in [2.24, 2.45) is 0 Å². The minimum Gasteiger partial charge on any atom is -0.337 e. The molecule has 5 heteroatoms. The summed E-state index contributed by atoms with van der Waals surface area (Å²) in [6.07, 6.45) is 2.24. The molecule has 1 aromatic rings. The maximum atomic E-state index is 12.3. The van der Waals surface area contributed by atoms with E-state index in [1.165, 1.54) is 5.56 Å².